The predicted molar refractivity (Wildman–Crippen MR) is 115 cm³/mol. The van der Waals surface area contributed by atoms with Crippen LogP contribution in [0.3, 0.4) is 0 Å². The highest BCUT2D eigenvalue weighted by Gasteiger charge is 2.30. The van der Waals surface area contributed by atoms with Crippen LogP contribution < -0.4 is 4.74 Å². The Labute approximate surface area is 182 Å². The van der Waals surface area contributed by atoms with Gasteiger partial charge in [-0.15, -0.1) is 0 Å². The van der Waals surface area contributed by atoms with Gasteiger partial charge in [0.15, 0.2) is 0 Å². The van der Waals surface area contributed by atoms with Gasteiger partial charge >= 0.3 is 6.18 Å². The van der Waals surface area contributed by atoms with E-state index in [1.807, 2.05) is 23.1 Å². The van der Waals surface area contributed by atoms with Crippen molar-refractivity contribution in [3.8, 4) is 17.0 Å². The molecular formula is C22H25F3N2O3S. The van der Waals surface area contributed by atoms with Gasteiger partial charge < -0.3 is 14.9 Å². The van der Waals surface area contributed by atoms with Crippen LogP contribution in [0.5, 0.6) is 5.75 Å². The number of halogens is 3. The minimum Gasteiger partial charge on any atom is -0.494 e. The summed E-state index contributed by atoms with van der Waals surface area (Å²) in [6.07, 6.45) is -2.63. The molecule has 0 spiro atoms. The first-order valence-corrected chi connectivity index (χ1v) is 10.8. The minimum absolute atomic E-state index is 0.0693. The van der Waals surface area contributed by atoms with E-state index in [9.17, 15) is 13.2 Å². The van der Waals surface area contributed by atoms with Crippen LogP contribution in [-0.4, -0.2) is 58.9 Å². The molecule has 0 saturated heterocycles. The average Bonchev–Trinajstić information content (AvgIpc) is 3.16. The zero-order chi connectivity index (χ0) is 22.3. The highest BCUT2D eigenvalue weighted by atomic mass is 32.1. The van der Waals surface area contributed by atoms with Crippen LogP contribution in [-0.2, 0) is 6.18 Å². The van der Waals surface area contributed by atoms with Crippen LogP contribution >= 0.6 is 11.5 Å². The van der Waals surface area contributed by atoms with Gasteiger partial charge in [-0.25, -0.2) is 0 Å². The SMILES string of the molecule is OCCN(CCO)CCCCOc1ccc2c(-c3ccc(C(F)(F)F)cc3)nsc2c1. The molecule has 31 heavy (non-hydrogen) atoms. The molecule has 3 rings (SSSR count). The summed E-state index contributed by atoms with van der Waals surface area (Å²) in [4.78, 5) is 2.01. The van der Waals surface area contributed by atoms with Crippen LogP contribution in [0.4, 0.5) is 13.2 Å². The van der Waals surface area contributed by atoms with Crippen LogP contribution in [0.15, 0.2) is 42.5 Å². The molecular weight excluding hydrogens is 429 g/mol. The van der Waals surface area contributed by atoms with Gasteiger partial charge in [0.25, 0.3) is 0 Å². The summed E-state index contributed by atoms with van der Waals surface area (Å²) in [6.45, 7) is 2.56. The molecule has 2 aromatic carbocycles. The lowest BCUT2D eigenvalue weighted by Crippen LogP contribution is -2.31. The minimum atomic E-state index is -4.36. The number of aromatic nitrogens is 1. The Morgan fingerprint density at radius 2 is 1.65 bits per heavy atom. The standard InChI is InChI=1S/C22H25F3N2O3S/c23-22(24,25)17-5-3-16(4-6-17)21-19-8-7-18(15-20(19)31-26-21)30-14-2-1-9-27(10-12-28)11-13-29/h3-8,15,28-29H,1-2,9-14H2. The molecule has 0 aliphatic rings. The van der Waals surface area contributed by atoms with Crippen LogP contribution in [0.2, 0.25) is 0 Å². The Balaban J connectivity index is 1.57. The molecule has 0 bridgehead atoms. The number of hydrogen-bond donors (Lipinski definition) is 2. The van der Waals surface area contributed by atoms with E-state index in [4.69, 9.17) is 14.9 Å². The highest BCUT2D eigenvalue weighted by molar-refractivity contribution is 7.13. The number of unbranched alkanes of at least 4 members (excludes halogenated alkanes) is 1. The third kappa shape index (κ3) is 6.39. The number of nitrogens with zero attached hydrogens (tertiary/aromatic N) is 2. The molecule has 2 N–H and O–H groups in total. The first-order valence-electron chi connectivity index (χ1n) is 10.1. The van der Waals surface area contributed by atoms with E-state index in [2.05, 4.69) is 4.37 Å². The van der Waals surface area contributed by atoms with Gasteiger partial charge in [-0.3, -0.25) is 4.90 Å². The average molecular weight is 455 g/mol. The predicted octanol–water partition coefficient (Wildman–Crippen LogP) is 4.43. The maximum Gasteiger partial charge on any atom is 0.416 e. The number of benzene rings is 2. The molecule has 3 aromatic rings. The zero-order valence-corrected chi connectivity index (χ0v) is 17.8. The van der Waals surface area contributed by atoms with Crippen molar-refractivity contribution in [2.75, 3.05) is 39.5 Å². The number of rotatable bonds is 11. The summed E-state index contributed by atoms with van der Waals surface area (Å²) in [7, 11) is 0. The summed E-state index contributed by atoms with van der Waals surface area (Å²) in [6, 6.07) is 10.6. The van der Waals surface area contributed by atoms with Crippen molar-refractivity contribution >= 4 is 21.6 Å². The second kappa shape index (κ2) is 10.9. The third-order valence-electron chi connectivity index (χ3n) is 4.90. The smallest absolute Gasteiger partial charge is 0.416 e. The van der Waals surface area contributed by atoms with Crippen LogP contribution in [0.1, 0.15) is 18.4 Å². The second-order valence-corrected chi connectivity index (χ2v) is 7.91. The van der Waals surface area contributed by atoms with Crippen LogP contribution in [0, 0.1) is 0 Å². The fourth-order valence-electron chi connectivity index (χ4n) is 3.28. The van der Waals surface area contributed by atoms with Crippen molar-refractivity contribution in [1.82, 2.24) is 9.27 Å². The number of aliphatic hydroxyl groups excluding tert-OH is 2. The van der Waals surface area contributed by atoms with Crippen molar-refractivity contribution in [2.24, 2.45) is 0 Å². The van der Waals surface area contributed by atoms with Gasteiger partial charge in [-0.1, -0.05) is 12.1 Å². The Morgan fingerprint density at radius 3 is 2.29 bits per heavy atom. The summed E-state index contributed by atoms with van der Waals surface area (Å²) in [5.41, 5.74) is 0.624. The molecule has 0 unspecified atom stereocenters. The molecule has 0 aliphatic heterocycles. The fraction of sp³-hybridized carbons (Fsp3) is 0.409. The molecule has 9 heteroatoms. The molecule has 0 saturated carbocycles. The van der Waals surface area contributed by atoms with Gasteiger partial charge in [-0.05, 0) is 61.3 Å². The van der Waals surface area contributed by atoms with Crippen LogP contribution in [0.25, 0.3) is 21.3 Å². The lowest BCUT2D eigenvalue weighted by atomic mass is 10.1. The van der Waals surface area contributed by atoms with E-state index < -0.39 is 11.7 Å². The topological polar surface area (TPSA) is 65.8 Å². The monoisotopic (exact) mass is 454 g/mol. The molecule has 5 nitrogen and oxygen atoms in total. The fourth-order valence-corrected chi connectivity index (χ4v) is 4.10. The van der Waals surface area contributed by atoms with Crippen molar-refractivity contribution in [3.63, 3.8) is 0 Å². The maximum atomic E-state index is 12.8. The zero-order valence-electron chi connectivity index (χ0n) is 16.9. The maximum absolute atomic E-state index is 12.8. The molecule has 0 radical (unpaired) electrons. The lowest BCUT2D eigenvalue weighted by Gasteiger charge is -2.19. The first-order chi connectivity index (χ1) is 14.9. The molecule has 1 heterocycles. The lowest BCUT2D eigenvalue weighted by molar-refractivity contribution is -0.137. The first kappa shape index (κ1) is 23.5. The molecule has 168 valence electrons. The Bertz CT molecular complexity index is 955. The molecule has 0 aliphatic carbocycles. The number of fused-ring (bicyclic) bond motifs is 1. The van der Waals surface area contributed by atoms with Gasteiger partial charge in [-0.2, -0.15) is 17.5 Å². The van der Waals surface area contributed by atoms with Crippen molar-refractivity contribution in [1.29, 1.82) is 0 Å². The normalized spacial score (nSPS) is 12.1. The summed E-state index contributed by atoms with van der Waals surface area (Å²) >= 11 is 1.29. The van der Waals surface area contributed by atoms with E-state index in [0.29, 0.717) is 31.0 Å². The van der Waals surface area contributed by atoms with Gasteiger partial charge in [0, 0.05) is 24.0 Å². The van der Waals surface area contributed by atoms with Gasteiger partial charge in [0.2, 0.25) is 0 Å². The van der Waals surface area contributed by atoms with E-state index in [0.717, 1.165) is 47.4 Å². The van der Waals surface area contributed by atoms with E-state index in [1.54, 1.807) is 0 Å². The largest absolute Gasteiger partial charge is 0.494 e. The van der Waals surface area contributed by atoms with Crippen molar-refractivity contribution < 1.29 is 28.1 Å². The molecule has 0 amide bonds. The number of alkyl halides is 3. The van der Waals surface area contributed by atoms with Crippen molar-refractivity contribution in [3.05, 3.63) is 48.0 Å². The summed E-state index contributed by atoms with van der Waals surface area (Å²) in [5, 5.41) is 18.9. The Kier molecular flexibility index (Phi) is 8.25. The summed E-state index contributed by atoms with van der Waals surface area (Å²) in [5.74, 6) is 0.720. The summed E-state index contributed by atoms with van der Waals surface area (Å²) < 4.78 is 49.5. The van der Waals surface area contributed by atoms with E-state index in [1.165, 1.54) is 23.7 Å². The Hall–Kier alpha value is -2.20. The number of aliphatic hydroxyl groups is 2. The second-order valence-electron chi connectivity index (χ2n) is 7.11. The quantitative estimate of drug-likeness (QED) is 0.420. The van der Waals surface area contributed by atoms with E-state index in [-0.39, 0.29) is 13.2 Å². The van der Waals surface area contributed by atoms with Gasteiger partial charge in [0.05, 0.1) is 35.8 Å². The van der Waals surface area contributed by atoms with E-state index >= 15 is 0 Å². The molecule has 0 fully saturated rings. The van der Waals surface area contributed by atoms with Crippen molar-refractivity contribution in [2.45, 2.75) is 19.0 Å². The third-order valence-corrected chi connectivity index (χ3v) is 5.71. The van der Waals surface area contributed by atoms with Gasteiger partial charge in [0.1, 0.15) is 5.75 Å². The molecule has 0 atom stereocenters. The number of hydrogen-bond acceptors (Lipinski definition) is 6. The number of ether oxygens (including phenoxy) is 1. The molecule has 1 aromatic heterocycles. The highest BCUT2D eigenvalue weighted by Crippen LogP contribution is 2.35. The Morgan fingerprint density at radius 1 is 0.935 bits per heavy atom.